The Hall–Kier alpha value is -0.590. The van der Waals surface area contributed by atoms with Crippen LogP contribution in [0.15, 0.2) is 0 Å². The Balaban J connectivity index is 2.51. The van der Waals surface area contributed by atoms with Crippen molar-refractivity contribution in [1.82, 2.24) is 5.32 Å². The highest BCUT2D eigenvalue weighted by molar-refractivity contribution is 4.96. The summed E-state index contributed by atoms with van der Waals surface area (Å²) in [6, 6.07) is 3.16. The van der Waals surface area contributed by atoms with Crippen LogP contribution >= 0.6 is 0 Å². The van der Waals surface area contributed by atoms with E-state index in [1.54, 1.807) is 7.11 Å². The van der Waals surface area contributed by atoms with Crippen LogP contribution in [0, 0.1) is 23.2 Å². The first-order valence-corrected chi connectivity index (χ1v) is 6.33. The summed E-state index contributed by atoms with van der Waals surface area (Å²) in [7, 11) is 1.74. The highest BCUT2D eigenvalue weighted by Gasteiger charge is 2.27. The van der Waals surface area contributed by atoms with E-state index in [1.807, 2.05) is 0 Å². The highest BCUT2D eigenvalue weighted by Crippen LogP contribution is 2.24. The number of nitriles is 1. The van der Waals surface area contributed by atoms with Crippen LogP contribution in [-0.2, 0) is 4.74 Å². The van der Waals surface area contributed by atoms with Crippen molar-refractivity contribution in [2.75, 3.05) is 13.7 Å². The molecule has 0 saturated heterocycles. The fourth-order valence-corrected chi connectivity index (χ4v) is 2.37. The number of methoxy groups -OCH3 is 1. The third-order valence-electron chi connectivity index (χ3n) is 3.51. The minimum Gasteiger partial charge on any atom is -0.383 e. The van der Waals surface area contributed by atoms with Gasteiger partial charge in [0, 0.05) is 19.2 Å². The molecule has 0 amide bonds. The molecule has 3 atom stereocenters. The molecule has 3 heteroatoms. The SMILES string of the molecule is COCC(NC1CCCCC1C#N)C(C)C. The minimum atomic E-state index is 0.187. The molecular formula is C13H24N2O. The summed E-state index contributed by atoms with van der Waals surface area (Å²) in [6.45, 7) is 5.12. The summed E-state index contributed by atoms with van der Waals surface area (Å²) >= 11 is 0. The van der Waals surface area contributed by atoms with Gasteiger partial charge in [0.2, 0.25) is 0 Å². The van der Waals surface area contributed by atoms with Gasteiger partial charge in [-0.3, -0.25) is 0 Å². The normalized spacial score (nSPS) is 27.7. The summed E-state index contributed by atoms with van der Waals surface area (Å²) in [6.07, 6.45) is 4.62. The first kappa shape index (κ1) is 13.5. The summed E-state index contributed by atoms with van der Waals surface area (Å²) in [5.41, 5.74) is 0. The molecule has 1 aliphatic rings. The lowest BCUT2D eigenvalue weighted by atomic mass is 9.84. The third-order valence-corrected chi connectivity index (χ3v) is 3.51. The third kappa shape index (κ3) is 3.77. The monoisotopic (exact) mass is 224 g/mol. The molecule has 1 aliphatic carbocycles. The van der Waals surface area contributed by atoms with Crippen LogP contribution in [0.1, 0.15) is 39.5 Å². The maximum atomic E-state index is 9.12. The number of nitrogens with one attached hydrogen (secondary N) is 1. The Morgan fingerprint density at radius 3 is 2.62 bits per heavy atom. The standard InChI is InChI=1S/C13H24N2O/c1-10(2)13(9-16-3)15-12-7-5-4-6-11(12)8-14/h10-13,15H,4-7,9H2,1-3H3. The van der Waals surface area contributed by atoms with Crippen LogP contribution in [-0.4, -0.2) is 25.8 Å². The van der Waals surface area contributed by atoms with Crippen molar-refractivity contribution in [2.45, 2.75) is 51.6 Å². The van der Waals surface area contributed by atoms with Crippen LogP contribution < -0.4 is 5.32 Å². The van der Waals surface area contributed by atoms with Crippen molar-refractivity contribution in [2.24, 2.45) is 11.8 Å². The molecule has 0 aromatic heterocycles. The Bertz CT molecular complexity index is 235. The van der Waals surface area contributed by atoms with E-state index < -0.39 is 0 Å². The second kappa shape index (κ2) is 6.88. The predicted octanol–water partition coefficient (Wildman–Crippen LogP) is 2.33. The van der Waals surface area contributed by atoms with Gasteiger partial charge >= 0.3 is 0 Å². The fraction of sp³-hybridized carbons (Fsp3) is 0.923. The van der Waals surface area contributed by atoms with E-state index in [0.29, 0.717) is 18.0 Å². The first-order chi connectivity index (χ1) is 7.69. The average Bonchev–Trinajstić information content (AvgIpc) is 2.29. The van der Waals surface area contributed by atoms with Gasteiger partial charge in [-0.2, -0.15) is 5.26 Å². The Morgan fingerprint density at radius 1 is 1.38 bits per heavy atom. The quantitative estimate of drug-likeness (QED) is 0.779. The fourth-order valence-electron chi connectivity index (χ4n) is 2.37. The Labute approximate surface area is 99.2 Å². The molecule has 0 aromatic rings. The highest BCUT2D eigenvalue weighted by atomic mass is 16.5. The lowest BCUT2D eigenvalue weighted by Gasteiger charge is -2.33. The molecule has 16 heavy (non-hydrogen) atoms. The second-order valence-electron chi connectivity index (χ2n) is 5.10. The number of rotatable bonds is 5. The van der Waals surface area contributed by atoms with Gasteiger partial charge in [0.05, 0.1) is 18.6 Å². The molecule has 0 aliphatic heterocycles. The van der Waals surface area contributed by atoms with Crippen molar-refractivity contribution in [1.29, 1.82) is 5.26 Å². The van der Waals surface area contributed by atoms with Crippen molar-refractivity contribution in [3.63, 3.8) is 0 Å². The van der Waals surface area contributed by atoms with Gasteiger partial charge in [-0.15, -0.1) is 0 Å². The summed E-state index contributed by atoms with van der Waals surface area (Å²) in [4.78, 5) is 0. The zero-order valence-corrected chi connectivity index (χ0v) is 10.7. The number of hydrogen-bond donors (Lipinski definition) is 1. The lowest BCUT2D eigenvalue weighted by Crippen LogP contribution is -2.48. The molecule has 3 unspecified atom stereocenters. The van der Waals surface area contributed by atoms with E-state index >= 15 is 0 Å². The average molecular weight is 224 g/mol. The molecule has 0 bridgehead atoms. The van der Waals surface area contributed by atoms with Crippen LogP contribution in [0.5, 0.6) is 0 Å². The van der Waals surface area contributed by atoms with Crippen LogP contribution in [0.2, 0.25) is 0 Å². The van der Waals surface area contributed by atoms with Crippen molar-refractivity contribution in [3.8, 4) is 6.07 Å². The Morgan fingerprint density at radius 2 is 2.06 bits per heavy atom. The van der Waals surface area contributed by atoms with Gasteiger partial charge in [-0.05, 0) is 18.8 Å². The molecule has 0 radical (unpaired) electrons. The molecule has 92 valence electrons. The molecule has 1 saturated carbocycles. The smallest absolute Gasteiger partial charge is 0.0672 e. The maximum Gasteiger partial charge on any atom is 0.0672 e. The molecular weight excluding hydrogens is 200 g/mol. The summed E-state index contributed by atoms with van der Waals surface area (Å²) < 4.78 is 5.23. The first-order valence-electron chi connectivity index (χ1n) is 6.33. The zero-order valence-electron chi connectivity index (χ0n) is 10.7. The lowest BCUT2D eigenvalue weighted by molar-refractivity contribution is 0.130. The van der Waals surface area contributed by atoms with E-state index in [-0.39, 0.29) is 5.92 Å². The maximum absolute atomic E-state index is 9.12. The minimum absolute atomic E-state index is 0.187. The number of ether oxygens (including phenoxy) is 1. The van der Waals surface area contributed by atoms with Crippen molar-refractivity contribution >= 4 is 0 Å². The number of nitrogens with zero attached hydrogens (tertiary/aromatic N) is 1. The van der Waals surface area contributed by atoms with Gasteiger partial charge in [0.1, 0.15) is 0 Å². The van der Waals surface area contributed by atoms with Crippen LogP contribution in [0.25, 0.3) is 0 Å². The molecule has 3 nitrogen and oxygen atoms in total. The molecule has 1 N–H and O–H groups in total. The summed E-state index contributed by atoms with van der Waals surface area (Å²) in [5, 5.41) is 12.7. The van der Waals surface area contributed by atoms with Gasteiger partial charge in [0.25, 0.3) is 0 Å². The largest absolute Gasteiger partial charge is 0.383 e. The van der Waals surface area contributed by atoms with Gasteiger partial charge in [-0.25, -0.2) is 0 Å². The molecule has 0 spiro atoms. The van der Waals surface area contributed by atoms with Gasteiger partial charge in [0.15, 0.2) is 0 Å². The van der Waals surface area contributed by atoms with E-state index in [0.717, 1.165) is 19.4 Å². The number of hydrogen-bond acceptors (Lipinski definition) is 3. The van der Waals surface area contributed by atoms with E-state index in [4.69, 9.17) is 10.00 Å². The van der Waals surface area contributed by atoms with Crippen molar-refractivity contribution < 1.29 is 4.74 Å². The van der Waals surface area contributed by atoms with E-state index in [1.165, 1.54) is 12.8 Å². The van der Waals surface area contributed by atoms with Crippen molar-refractivity contribution in [3.05, 3.63) is 0 Å². The summed E-state index contributed by atoms with van der Waals surface area (Å²) in [5.74, 6) is 0.730. The molecule has 0 heterocycles. The van der Waals surface area contributed by atoms with Crippen LogP contribution in [0.4, 0.5) is 0 Å². The zero-order chi connectivity index (χ0) is 12.0. The van der Waals surface area contributed by atoms with Gasteiger partial charge in [-0.1, -0.05) is 26.7 Å². The Kier molecular flexibility index (Phi) is 5.79. The van der Waals surface area contributed by atoms with E-state index in [2.05, 4.69) is 25.2 Å². The second-order valence-corrected chi connectivity index (χ2v) is 5.10. The predicted molar refractivity (Wildman–Crippen MR) is 65.0 cm³/mol. The van der Waals surface area contributed by atoms with Gasteiger partial charge < -0.3 is 10.1 Å². The molecule has 1 fully saturated rings. The van der Waals surface area contributed by atoms with E-state index in [9.17, 15) is 0 Å². The van der Waals surface area contributed by atoms with Crippen LogP contribution in [0.3, 0.4) is 0 Å². The topological polar surface area (TPSA) is 45.0 Å². The molecule has 1 rings (SSSR count). The molecule has 0 aromatic carbocycles.